The predicted molar refractivity (Wildman–Crippen MR) is 66.7 cm³/mol. The van der Waals surface area contributed by atoms with Crippen LogP contribution < -0.4 is 15.8 Å². The Bertz CT molecular complexity index is 521. The van der Waals surface area contributed by atoms with E-state index < -0.39 is 0 Å². The van der Waals surface area contributed by atoms with Crippen LogP contribution in [0.15, 0.2) is 10.9 Å². The first-order valence-electron chi connectivity index (χ1n) is 6.35. The number of H-pyrrole nitrogens is 1. The molecule has 1 aromatic rings. The van der Waals surface area contributed by atoms with Crippen molar-refractivity contribution < 1.29 is 4.79 Å². The van der Waals surface area contributed by atoms with E-state index in [0.29, 0.717) is 37.8 Å². The third-order valence-corrected chi connectivity index (χ3v) is 3.35. The van der Waals surface area contributed by atoms with Gasteiger partial charge in [-0.3, -0.25) is 9.59 Å². The predicted octanol–water partition coefficient (Wildman–Crippen LogP) is -0.0264. The second kappa shape index (κ2) is 4.44. The van der Waals surface area contributed by atoms with Crippen LogP contribution in [0.5, 0.6) is 0 Å². The minimum absolute atomic E-state index is 0.0600. The number of aromatic amines is 1. The van der Waals surface area contributed by atoms with E-state index in [4.69, 9.17) is 0 Å². The molecule has 6 heteroatoms. The Labute approximate surface area is 104 Å². The molecule has 0 radical (unpaired) electrons. The summed E-state index contributed by atoms with van der Waals surface area (Å²) in [5, 5.41) is 2.81. The zero-order valence-corrected chi connectivity index (χ0v) is 10.1. The number of carbonyl (C=O) groups excluding carboxylic acids is 1. The number of carbonyl (C=O) groups is 1. The van der Waals surface area contributed by atoms with Crippen LogP contribution >= 0.6 is 0 Å². The number of hydrogen-bond acceptors (Lipinski definition) is 4. The number of nitrogens with zero attached hydrogens (tertiary/aromatic N) is 2. The van der Waals surface area contributed by atoms with Crippen LogP contribution in [0.3, 0.4) is 0 Å². The standard InChI is InChI=1S/C12H16N4O2/c17-10-3-5-16(6-4-13-10)9-7-11(18)15-12(14-9)8-1-2-8/h7-8H,1-6H2,(H,13,17)(H,14,15,18). The molecule has 0 spiro atoms. The van der Waals surface area contributed by atoms with Gasteiger partial charge in [0.1, 0.15) is 11.6 Å². The lowest BCUT2D eigenvalue weighted by molar-refractivity contribution is -0.120. The largest absolute Gasteiger partial charge is 0.354 e. The third-order valence-electron chi connectivity index (χ3n) is 3.35. The summed E-state index contributed by atoms with van der Waals surface area (Å²) in [6, 6.07) is 1.52. The average molecular weight is 248 g/mol. The number of nitrogens with one attached hydrogen (secondary N) is 2. The maximum Gasteiger partial charge on any atom is 0.252 e. The topological polar surface area (TPSA) is 78.1 Å². The van der Waals surface area contributed by atoms with E-state index in [-0.39, 0.29) is 11.5 Å². The SMILES string of the molecule is O=C1CCN(c2cc(=O)[nH]c(C3CC3)n2)CCN1. The second-order valence-electron chi connectivity index (χ2n) is 4.85. The van der Waals surface area contributed by atoms with E-state index in [9.17, 15) is 9.59 Å². The van der Waals surface area contributed by atoms with Crippen molar-refractivity contribution in [3.8, 4) is 0 Å². The molecule has 2 aliphatic rings. The molecule has 0 atom stereocenters. The van der Waals surface area contributed by atoms with Crippen LogP contribution in [0.4, 0.5) is 5.82 Å². The van der Waals surface area contributed by atoms with Gasteiger partial charge in [-0.05, 0) is 12.8 Å². The van der Waals surface area contributed by atoms with Crippen LogP contribution in [0.2, 0.25) is 0 Å². The highest BCUT2D eigenvalue weighted by Crippen LogP contribution is 2.37. The molecule has 1 aliphatic carbocycles. The molecular weight excluding hydrogens is 232 g/mol. The average Bonchev–Trinajstić information content (AvgIpc) is 3.15. The van der Waals surface area contributed by atoms with Crippen LogP contribution in [-0.4, -0.2) is 35.5 Å². The Balaban J connectivity index is 1.86. The van der Waals surface area contributed by atoms with Crippen molar-refractivity contribution in [3.05, 3.63) is 22.2 Å². The van der Waals surface area contributed by atoms with Crippen LogP contribution in [-0.2, 0) is 4.79 Å². The van der Waals surface area contributed by atoms with Crippen molar-refractivity contribution in [2.75, 3.05) is 24.5 Å². The van der Waals surface area contributed by atoms with E-state index in [1.54, 1.807) is 0 Å². The molecule has 18 heavy (non-hydrogen) atoms. The Morgan fingerprint density at radius 3 is 2.89 bits per heavy atom. The molecule has 2 N–H and O–H groups in total. The molecule has 0 aromatic carbocycles. The lowest BCUT2D eigenvalue weighted by atomic mass is 10.3. The molecule has 1 aromatic heterocycles. The lowest BCUT2D eigenvalue weighted by Crippen LogP contribution is -2.30. The number of rotatable bonds is 2. The molecule has 2 fully saturated rings. The lowest BCUT2D eigenvalue weighted by Gasteiger charge is -2.20. The Hall–Kier alpha value is -1.85. The molecule has 1 saturated carbocycles. The smallest absolute Gasteiger partial charge is 0.252 e. The summed E-state index contributed by atoms with van der Waals surface area (Å²) in [4.78, 5) is 32.2. The van der Waals surface area contributed by atoms with Crippen molar-refractivity contribution in [1.29, 1.82) is 0 Å². The molecule has 96 valence electrons. The molecule has 1 aliphatic heterocycles. The van der Waals surface area contributed by atoms with Gasteiger partial charge in [0.2, 0.25) is 5.91 Å². The van der Waals surface area contributed by atoms with Crippen molar-refractivity contribution in [3.63, 3.8) is 0 Å². The van der Waals surface area contributed by atoms with E-state index in [2.05, 4.69) is 15.3 Å². The Morgan fingerprint density at radius 1 is 1.28 bits per heavy atom. The van der Waals surface area contributed by atoms with Crippen molar-refractivity contribution in [2.24, 2.45) is 0 Å². The summed E-state index contributed by atoms with van der Waals surface area (Å²) in [6.45, 7) is 1.92. The van der Waals surface area contributed by atoms with Crippen molar-refractivity contribution in [1.82, 2.24) is 15.3 Å². The van der Waals surface area contributed by atoms with Crippen LogP contribution in [0, 0.1) is 0 Å². The normalized spacial score (nSPS) is 20.4. The number of anilines is 1. The van der Waals surface area contributed by atoms with Gasteiger partial charge >= 0.3 is 0 Å². The monoisotopic (exact) mass is 248 g/mol. The summed E-state index contributed by atoms with van der Waals surface area (Å²) < 4.78 is 0. The molecule has 3 rings (SSSR count). The maximum atomic E-state index is 11.6. The minimum atomic E-state index is -0.106. The van der Waals surface area contributed by atoms with E-state index >= 15 is 0 Å². The van der Waals surface area contributed by atoms with Gasteiger partial charge < -0.3 is 15.2 Å². The number of aromatic nitrogens is 2. The maximum absolute atomic E-state index is 11.6. The van der Waals surface area contributed by atoms with Gasteiger partial charge in [-0.2, -0.15) is 0 Å². The number of hydrogen-bond donors (Lipinski definition) is 2. The summed E-state index contributed by atoms with van der Waals surface area (Å²) in [5.41, 5.74) is -0.106. The fraction of sp³-hybridized carbons (Fsp3) is 0.583. The van der Waals surface area contributed by atoms with Gasteiger partial charge in [-0.25, -0.2) is 4.98 Å². The first-order valence-corrected chi connectivity index (χ1v) is 6.35. The first kappa shape index (κ1) is 11.3. The van der Waals surface area contributed by atoms with Crippen molar-refractivity contribution >= 4 is 11.7 Å². The van der Waals surface area contributed by atoms with Gasteiger partial charge in [0, 0.05) is 38.0 Å². The molecule has 1 amide bonds. The van der Waals surface area contributed by atoms with E-state index in [1.165, 1.54) is 6.07 Å². The molecular formula is C12H16N4O2. The summed E-state index contributed by atoms with van der Waals surface area (Å²) in [7, 11) is 0. The van der Waals surface area contributed by atoms with Gasteiger partial charge in [0.15, 0.2) is 0 Å². The summed E-state index contributed by atoms with van der Waals surface area (Å²) in [6.07, 6.45) is 2.66. The van der Waals surface area contributed by atoms with Gasteiger partial charge in [0.05, 0.1) is 0 Å². The quantitative estimate of drug-likeness (QED) is 0.770. The first-order chi connectivity index (χ1) is 8.72. The zero-order chi connectivity index (χ0) is 12.5. The molecule has 0 bridgehead atoms. The third kappa shape index (κ3) is 2.37. The highest BCUT2D eigenvalue weighted by Gasteiger charge is 2.27. The minimum Gasteiger partial charge on any atom is -0.354 e. The zero-order valence-electron chi connectivity index (χ0n) is 10.1. The highest BCUT2D eigenvalue weighted by molar-refractivity contribution is 5.77. The van der Waals surface area contributed by atoms with Crippen LogP contribution in [0.25, 0.3) is 0 Å². The van der Waals surface area contributed by atoms with Crippen molar-refractivity contribution in [2.45, 2.75) is 25.2 Å². The second-order valence-corrected chi connectivity index (χ2v) is 4.85. The Kier molecular flexibility index (Phi) is 2.77. The van der Waals surface area contributed by atoms with Gasteiger partial charge in [-0.1, -0.05) is 0 Å². The summed E-state index contributed by atoms with van der Waals surface area (Å²) >= 11 is 0. The fourth-order valence-corrected chi connectivity index (χ4v) is 2.17. The number of amides is 1. The van der Waals surface area contributed by atoms with Crippen LogP contribution in [0.1, 0.15) is 31.0 Å². The molecule has 6 nitrogen and oxygen atoms in total. The van der Waals surface area contributed by atoms with Gasteiger partial charge in [-0.15, -0.1) is 0 Å². The molecule has 2 heterocycles. The Morgan fingerprint density at radius 2 is 2.11 bits per heavy atom. The molecule has 0 unspecified atom stereocenters. The van der Waals surface area contributed by atoms with E-state index in [1.807, 2.05) is 4.90 Å². The van der Waals surface area contributed by atoms with Gasteiger partial charge in [0.25, 0.3) is 5.56 Å². The fourth-order valence-electron chi connectivity index (χ4n) is 2.17. The molecule has 1 saturated heterocycles. The highest BCUT2D eigenvalue weighted by atomic mass is 16.1. The summed E-state index contributed by atoms with van der Waals surface area (Å²) in [5.74, 6) is 1.97. The van der Waals surface area contributed by atoms with E-state index in [0.717, 1.165) is 18.7 Å².